The van der Waals surface area contributed by atoms with Crippen molar-refractivity contribution in [2.45, 2.75) is 208 Å². The lowest BCUT2D eigenvalue weighted by Crippen LogP contribution is -2.39. The van der Waals surface area contributed by atoms with Gasteiger partial charge in [0.2, 0.25) is 0 Å². The van der Waals surface area contributed by atoms with Crippen LogP contribution in [0.2, 0.25) is 0 Å². The molecule has 0 saturated carbocycles. The Morgan fingerprint density at radius 3 is 0.667 bits per heavy atom. The first-order valence-corrected chi connectivity index (χ1v) is 23.1. The first-order chi connectivity index (χ1) is 23.6. The fourth-order valence-electron chi connectivity index (χ4n) is 6.31. The van der Waals surface area contributed by atoms with E-state index < -0.39 is 11.9 Å². The van der Waals surface area contributed by atoms with Crippen molar-refractivity contribution in [2.75, 3.05) is 51.1 Å². The minimum absolute atomic E-state index is 0.616. The van der Waals surface area contributed by atoms with Crippen LogP contribution in [0.3, 0.4) is 0 Å². The van der Waals surface area contributed by atoms with E-state index in [-0.39, 0.29) is 0 Å². The van der Waals surface area contributed by atoms with E-state index in [1.165, 1.54) is 140 Å². The van der Waals surface area contributed by atoms with Gasteiger partial charge in [-0.15, -0.1) is 0 Å². The Labute approximate surface area is 307 Å². The van der Waals surface area contributed by atoms with E-state index in [1.807, 2.05) is 41.5 Å². The van der Waals surface area contributed by atoms with E-state index in [0.29, 0.717) is 39.6 Å². The fourth-order valence-corrected chi connectivity index (χ4v) is 8.60. The van der Waals surface area contributed by atoms with E-state index in [1.54, 1.807) is 0 Å². The first kappa shape index (κ1) is 48.5. The fraction of sp³-hybridized carbons (Fsp3) is 1.00. The molecule has 0 aromatic heterocycles. The molecule has 0 bridgehead atoms. The van der Waals surface area contributed by atoms with Crippen molar-refractivity contribution < 1.29 is 28.4 Å². The molecule has 48 heavy (non-hydrogen) atoms. The van der Waals surface area contributed by atoms with Crippen molar-refractivity contribution in [3.05, 3.63) is 0 Å². The van der Waals surface area contributed by atoms with Gasteiger partial charge in [-0.3, -0.25) is 0 Å². The summed E-state index contributed by atoms with van der Waals surface area (Å²) in [5.74, 6) is 1.00. The van der Waals surface area contributed by atoms with Crippen LogP contribution in [0.5, 0.6) is 0 Å². The Balaban J connectivity index is 3.39. The molecule has 0 saturated heterocycles. The van der Waals surface area contributed by atoms with E-state index in [4.69, 9.17) is 28.4 Å². The predicted molar refractivity (Wildman–Crippen MR) is 211 cm³/mol. The van der Waals surface area contributed by atoms with Crippen molar-refractivity contribution in [2.24, 2.45) is 0 Å². The van der Waals surface area contributed by atoms with Gasteiger partial charge in [-0.1, -0.05) is 137 Å². The summed E-state index contributed by atoms with van der Waals surface area (Å²) in [6.07, 6.45) is 31.2. The topological polar surface area (TPSA) is 55.4 Å². The van der Waals surface area contributed by atoms with Gasteiger partial charge in [0.25, 0.3) is 11.9 Å². The maximum atomic E-state index is 5.83. The van der Waals surface area contributed by atoms with Crippen molar-refractivity contribution in [3.8, 4) is 0 Å². The number of ether oxygens (including phenoxy) is 6. The van der Waals surface area contributed by atoms with E-state index >= 15 is 0 Å². The van der Waals surface area contributed by atoms with Crippen LogP contribution in [-0.4, -0.2) is 63.1 Å². The molecule has 0 aromatic carbocycles. The minimum atomic E-state index is -0.827. The summed E-state index contributed by atoms with van der Waals surface area (Å²) in [7, 11) is 4.21. The second-order valence-corrected chi connectivity index (χ2v) is 15.6. The van der Waals surface area contributed by atoms with Crippen LogP contribution >= 0.6 is 21.6 Å². The van der Waals surface area contributed by atoms with Gasteiger partial charge in [0.1, 0.15) is 0 Å². The average molecular weight is 723 g/mol. The molecular formula is C40H82O6S2. The molecule has 0 rings (SSSR count). The third kappa shape index (κ3) is 29.1. The average Bonchev–Trinajstić information content (AvgIpc) is 3.07. The monoisotopic (exact) mass is 723 g/mol. The van der Waals surface area contributed by atoms with Crippen molar-refractivity contribution in [3.63, 3.8) is 0 Å². The number of hydrogen-bond donors (Lipinski definition) is 0. The van der Waals surface area contributed by atoms with E-state index in [9.17, 15) is 0 Å². The third-order valence-electron chi connectivity index (χ3n) is 8.69. The second-order valence-electron chi connectivity index (χ2n) is 12.9. The van der Waals surface area contributed by atoms with Crippen LogP contribution in [0, 0.1) is 0 Å². The number of rotatable bonds is 41. The molecule has 0 radical (unpaired) electrons. The zero-order valence-electron chi connectivity index (χ0n) is 32.9. The molecule has 0 heterocycles. The lowest BCUT2D eigenvalue weighted by Gasteiger charge is -2.32. The largest absolute Gasteiger partial charge is 0.328 e. The Morgan fingerprint density at radius 2 is 0.458 bits per heavy atom. The molecule has 0 fully saturated rings. The Kier molecular flexibility index (Phi) is 37.6. The molecule has 0 spiro atoms. The van der Waals surface area contributed by atoms with Gasteiger partial charge in [0.05, 0.1) is 0 Å². The molecular weight excluding hydrogens is 641 g/mol. The summed E-state index contributed by atoms with van der Waals surface area (Å²) >= 11 is 0. The summed E-state index contributed by atoms with van der Waals surface area (Å²) in [5.41, 5.74) is 0. The standard InChI is InChI=1S/C40H82O6S2/c1-7-41-39(42-8-2,43-9-3)35-31-27-23-19-15-13-17-21-25-29-33-37-47-48-38-34-30-26-22-18-14-16-20-24-28-32-36-40(44-10-4,45-11-5)46-12-6/h7-38H2,1-6H3. The molecule has 8 heteroatoms. The van der Waals surface area contributed by atoms with Crippen molar-refractivity contribution >= 4 is 21.6 Å². The Hall–Kier alpha value is 0.460. The van der Waals surface area contributed by atoms with Gasteiger partial charge in [0, 0.05) is 64.0 Å². The third-order valence-corrected chi connectivity index (χ3v) is 11.3. The highest BCUT2D eigenvalue weighted by Gasteiger charge is 2.32. The highest BCUT2D eigenvalue weighted by Crippen LogP contribution is 2.27. The Morgan fingerprint density at radius 1 is 0.271 bits per heavy atom. The molecule has 0 unspecified atom stereocenters. The molecule has 0 amide bonds. The maximum absolute atomic E-state index is 5.83. The smallest absolute Gasteiger partial charge is 0.282 e. The van der Waals surface area contributed by atoms with Gasteiger partial charge in [-0.05, 0) is 67.2 Å². The highest BCUT2D eigenvalue weighted by molar-refractivity contribution is 8.76. The van der Waals surface area contributed by atoms with Crippen LogP contribution in [0.15, 0.2) is 0 Å². The molecule has 0 aliphatic rings. The minimum Gasteiger partial charge on any atom is -0.328 e. The number of hydrogen-bond acceptors (Lipinski definition) is 8. The SMILES string of the molecule is CCOC(CCCCCCCCCCCCCSSCCCCCCCCCCCCCC(OCC)(OCC)OCC)(OCC)OCC. The molecule has 0 N–H and O–H groups in total. The number of unbranched alkanes of at least 4 members (excludes halogenated alkanes) is 20. The molecule has 0 atom stereocenters. The van der Waals surface area contributed by atoms with Crippen molar-refractivity contribution in [1.29, 1.82) is 0 Å². The lowest BCUT2D eigenvalue weighted by atomic mass is 10.0. The van der Waals surface area contributed by atoms with Crippen LogP contribution in [0.25, 0.3) is 0 Å². The maximum Gasteiger partial charge on any atom is 0.282 e. The lowest BCUT2D eigenvalue weighted by molar-refractivity contribution is -0.380. The summed E-state index contributed by atoms with van der Waals surface area (Å²) in [5, 5.41) is 0. The van der Waals surface area contributed by atoms with Gasteiger partial charge in [-0.2, -0.15) is 0 Å². The highest BCUT2D eigenvalue weighted by atomic mass is 33.1. The van der Waals surface area contributed by atoms with E-state index in [0.717, 1.165) is 25.7 Å². The van der Waals surface area contributed by atoms with Crippen LogP contribution in [0.4, 0.5) is 0 Å². The van der Waals surface area contributed by atoms with Crippen LogP contribution in [0.1, 0.15) is 196 Å². The van der Waals surface area contributed by atoms with Gasteiger partial charge < -0.3 is 28.4 Å². The predicted octanol–water partition coefficient (Wildman–Crippen LogP) is 13.3. The molecule has 6 nitrogen and oxygen atoms in total. The summed E-state index contributed by atoms with van der Waals surface area (Å²) in [6.45, 7) is 15.7. The van der Waals surface area contributed by atoms with Gasteiger partial charge >= 0.3 is 0 Å². The van der Waals surface area contributed by atoms with Crippen LogP contribution < -0.4 is 0 Å². The molecule has 290 valence electrons. The molecule has 0 aromatic rings. The Bertz CT molecular complexity index is 540. The zero-order chi connectivity index (χ0) is 35.3. The quantitative estimate of drug-likeness (QED) is 0.0351. The molecule has 0 aliphatic carbocycles. The van der Waals surface area contributed by atoms with Crippen LogP contribution in [-0.2, 0) is 28.4 Å². The van der Waals surface area contributed by atoms with Crippen molar-refractivity contribution in [1.82, 2.24) is 0 Å². The summed E-state index contributed by atoms with van der Waals surface area (Å²) < 4.78 is 35.0. The van der Waals surface area contributed by atoms with E-state index in [2.05, 4.69) is 21.6 Å². The zero-order valence-corrected chi connectivity index (χ0v) is 34.5. The normalized spacial score (nSPS) is 12.4. The molecule has 0 aliphatic heterocycles. The van der Waals surface area contributed by atoms with Gasteiger partial charge in [0.15, 0.2) is 0 Å². The summed E-state index contributed by atoms with van der Waals surface area (Å²) in [6, 6.07) is 0. The van der Waals surface area contributed by atoms with Gasteiger partial charge in [-0.25, -0.2) is 0 Å². The summed E-state index contributed by atoms with van der Waals surface area (Å²) in [4.78, 5) is 0. The first-order valence-electron chi connectivity index (χ1n) is 20.7. The second kappa shape index (κ2) is 37.2.